The normalized spacial score (nSPS) is 22.2. The van der Waals surface area contributed by atoms with E-state index in [-0.39, 0.29) is 6.04 Å². The molecule has 1 aromatic heterocycles. The van der Waals surface area contributed by atoms with E-state index in [1.807, 2.05) is 18.3 Å². The topological polar surface area (TPSA) is 56.3 Å². The molecule has 70 valence electrons. The van der Waals surface area contributed by atoms with Gasteiger partial charge in [0.2, 0.25) is 0 Å². The fourth-order valence-electron chi connectivity index (χ4n) is 1.87. The van der Waals surface area contributed by atoms with Crippen molar-refractivity contribution in [2.24, 2.45) is 0 Å². The second-order valence-corrected chi connectivity index (χ2v) is 3.26. The van der Waals surface area contributed by atoms with Gasteiger partial charge in [-0.1, -0.05) is 0 Å². The van der Waals surface area contributed by atoms with Gasteiger partial charge in [0, 0.05) is 18.4 Å². The summed E-state index contributed by atoms with van der Waals surface area (Å²) in [5.74, 6) is 0. The van der Waals surface area contributed by atoms with Gasteiger partial charge in [-0.25, -0.2) is 4.79 Å². The van der Waals surface area contributed by atoms with Crippen molar-refractivity contribution in [3.8, 4) is 0 Å². The zero-order valence-electron chi connectivity index (χ0n) is 7.23. The fraction of sp³-hybridized carbons (Fsp3) is 0.444. The maximum atomic E-state index is 10.8. The Morgan fingerprint density at radius 3 is 3.15 bits per heavy atom. The highest BCUT2D eigenvalue weighted by Gasteiger charge is 2.29. The maximum absolute atomic E-state index is 10.8. The molecule has 0 radical (unpaired) electrons. The highest BCUT2D eigenvalue weighted by molar-refractivity contribution is 5.66. The van der Waals surface area contributed by atoms with E-state index in [9.17, 15) is 4.79 Å². The van der Waals surface area contributed by atoms with Crippen LogP contribution in [0.3, 0.4) is 0 Å². The Kier molecular flexibility index (Phi) is 1.96. The number of carboxylic acid groups (broad SMARTS) is 1. The molecule has 1 aliphatic rings. The third-order valence-corrected chi connectivity index (χ3v) is 2.48. The summed E-state index contributed by atoms with van der Waals surface area (Å²) in [5, 5.41) is 8.89. The molecular formula is C9H12N2O2. The smallest absolute Gasteiger partial charge is 0.407 e. The molecule has 0 spiro atoms. The summed E-state index contributed by atoms with van der Waals surface area (Å²) in [7, 11) is 0. The molecule has 1 atom stereocenters. The van der Waals surface area contributed by atoms with Gasteiger partial charge in [0.05, 0.1) is 6.04 Å². The molecule has 1 aliphatic heterocycles. The molecule has 2 rings (SSSR count). The molecule has 0 saturated carbocycles. The van der Waals surface area contributed by atoms with Crippen LogP contribution in [-0.2, 0) is 0 Å². The predicted molar refractivity (Wildman–Crippen MR) is 47.5 cm³/mol. The molecule has 0 aliphatic carbocycles. The van der Waals surface area contributed by atoms with Crippen molar-refractivity contribution in [2.75, 3.05) is 6.54 Å². The van der Waals surface area contributed by atoms with Gasteiger partial charge in [0.25, 0.3) is 0 Å². The third kappa shape index (κ3) is 1.39. The van der Waals surface area contributed by atoms with Crippen LogP contribution in [0.5, 0.6) is 0 Å². The van der Waals surface area contributed by atoms with E-state index < -0.39 is 6.09 Å². The van der Waals surface area contributed by atoms with Crippen LogP contribution in [0.1, 0.15) is 24.6 Å². The number of hydrogen-bond donors (Lipinski definition) is 2. The van der Waals surface area contributed by atoms with Gasteiger partial charge in [-0.05, 0) is 25.0 Å². The van der Waals surface area contributed by atoms with Gasteiger partial charge in [0.15, 0.2) is 0 Å². The Labute approximate surface area is 76.2 Å². The minimum Gasteiger partial charge on any atom is -0.465 e. The minimum absolute atomic E-state index is 0.0347. The van der Waals surface area contributed by atoms with Gasteiger partial charge < -0.3 is 10.1 Å². The average Bonchev–Trinajstić information content (AvgIpc) is 2.74. The van der Waals surface area contributed by atoms with Crippen molar-refractivity contribution in [3.63, 3.8) is 0 Å². The highest BCUT2D eigenvalue weighted by Crippen LogP contribution is 2.30. The summed E-state index contributed by atoms with van der Waals surface area (Å²) in [6.45, 7) is 0.652. The number of H-pyrrole nitrogens is 1. The molecule has 1 aromatic rings. The van der Waals surface area contributed by atoms with E-state index in [0.29, 0.717) is 6.54 Å². The number of carbonyl (C=O) groups is 1. The Balaban J connectivity index is 2.19. The lowest BCUT2D eigenvalue weighted by atomic mass is 10.1. The SMILES string of the molecule is O=C(O)N1CCCC1c1ccc[nH]1. The molecule has 13 heavy (non-hydrogen) atoms. The molecule has 2 N–H and O–H groups in total. The Morgan fingerprint density at radius 2 is 2.54 bits per heavy atom. The van der Waals surface area contributed by atoms with E-state index in [4.69, 9.17) is 5.11 Å². The Morgan fingerprint density at radius 1 is 1.69 bits per heavy atom. The molecule has 2 heterocycles. The van der Waals surface area contributed by atoms with Crippen molar-refractivity contribution in [1.82, 2.24) is 9.88 Å². The van der Waals surface area contributed by atoms with Crippen LogP contribution in [0, 0.1) is 0 Å². The lowest BCUT2D eigenvalue weighted by Crippen LogP contribution is -2.28. The molecule has 1 amide bonds. The number of amides is 1. The van der Waals surface area contributed by atoms with Crippen molar-refractivity contribution >= 4 is 6.09 Å². The molecule has 0 bridgehead atoms. The van der Waals surface area contributed by atoms with Crippen LogP contribution >= 0.6 is 0 Å². The third-order valence-electron chi connectivity index (χ3n) is 2.48. The van der Waals surface area contributed by atoms with Crippen molar-refractivity contribution in [2.45, 2.75) is 18.9 Å². The Hall–Kier alpha value is -1.45. The number of hydrogen-bond acceptors (Lipinski definition) is 1. The number of nitrogens with zero attached hydrogens (tertiary/aromatic N) is 1. The summed E-state index contributed by atoms with van der Waals surface area (Å²) in [6.07, 6.45) is 2.88. The van der Waals surface area contributed by atoms with Crippen LogP contribution in [-0.4, -0.2) is 27.6 Å². The van der Waals surface area contributed by atoms with Crippen molar-refractivity contribution in [3.05, 3.63) is 24.0 Å². The largest absolute Gasteiger partial charge is 0.465 e. The molecular weight excluding hydrogens is 168 g/mol. The number of aromatic nitrogens is 1. The van der Waals surface area contributed by atoms with E-state index in [1.165, 1.54) is 4.90 Å². The molecule has 4 nitrogen and oxygen atoms in total. The second kappa shape index (κ2) is 3.12. The van der Waals surface area contributed by atoms with E-state index in [0.717, 1.165) is 18.5 Å². The monoisotopic (exact) mass is 180 g/mol. The lowest BCUT2D eigenvalue weighted by Gasteiger charge is -2.20. The van der Waals surface area contributed by atoms with Crippen molar-refractivity contribution < 1.29 is 9.90 Å². The molecule has 1 unspecified atom stereocenters. The van der Waals surface area contributed by atoms with Gasteiger partial charge in [-0.3, -0.25) is 4.90 Å². The predicted octanol–water partition coefficient (Wildman–Crippen LogP) is 1.83. The molecule has 4 heteroatoms. The standard InChI is InChI=1S/C9H12N2O2/c12-9(13)11-6-2-4-8(11)7-3-1-5-10-7/h1,3,5,8,10H,2,4,6H2,(H,12,13). The minimum atomic E-state index is -0.822. The zero-order chi connectivity index (χ0) is 9.26. The van der Waals surface area contributed by atoms with Gasteiger partial charge in [0.1, 0.15) is 0 Å². The average molecular weight is 180 g/mol. The first kappa shape index (κ1) is 8.16. The first-order valence-corrected chi connectivity index (χ1v) is 4.42. The number of likely N-dealkylation sites (tertiary alicyclic amines) is 1. The second-order valence-electron chi connectivity index (χ2n) is 3.26. The molecule has 0 aromatic carbocycles. The van der Waals surface area contributed by atoms with E-state index in [2.05, 4.69) is 4.98 Å². The van der Waals surface area contributed by atoms with Crippen LogP contribution in [0.25, 0.3) is 0 Å². The van der Waals surface area contributed by atoms with Gasteiger partial charge >= 0.3 is 6.09 Å². The van der Waals surface area contributed by atoms with E-state index >= 15 is 0 Å². The Bertz CT molecular complexity index is 295. The quantitative estimate of drug-likeness (QED) is 0.692. The summed E-state index contributed by atoms with van der Waals surface area (Å²) in [4.78, 5) is 15.4. The first-order valence-electron chi connectivity index (χ1n) is 4.42. The zero-order valence-corrected chi connectivity index (χ0v) is 7.23. The summed E-state index contributed by atoms with van der Waals surface area (Å²) in [5.41, 5.74) is 1.000. The van der Waals surface area contributed by atoms with Crippen LogP contribution < -0.4 is 0 Å². The fourth-order valence-corrected chi connectivity index (χ4v) is 1.87. The van der Waals surface area contributed by atoms with Crippen LogP contribution in [0.4, 0.5) is 4.79 Å². The van der Waals surface area contributed by atoms with E-state index in [1.54, 1.807) is 0 Å². The van der Waals surface area contributed by atoms with Crippen molar-refractivity contribution in [1.29, 1.82) is 0 Å². The summed E-state index contributed by atoms with van der Waals surface area (Å²) < 4.78 is 0. The van der Waals surface area contributed by atoms with Gasteiger partial charge in [-0.15, -0.1) is 0 Å². The first-order chi connectivity index (χ1) is 6.29. The maximum Gasteiger partial charge on any atom is 0.407 e. The lowest BCUT2D eigenvalue weighted by molar-refractivity contribution is 0.139. The van der Waals surface area contributed by atoms with Gasteiger partial charge in [-0.2, -0.15) is 0 Å². The van der Waals surface area contributed by atoms with Crippen LogP contribution in [0.15, 0.2) is 18.3 Å². The van der Waals surface area contributed by atoms with Crippen LogP contribution in [0.2, 0.25) is 0 Å². The highest BCUT2D eigenvalue weighted by atomic mass is 16.4. The molecule has 1 saturated heterocycles. The summed E-state index contributed by atoms with van der Waals surface area (Å²) in [6, 6.07) is 3.87. The summed E-state index contributed by atoms with van der Waals surface area (Å²) >= 11 is 0. The molecule has 1 fully saturated rings. The number of aromatic amines is 1. The number of rotatable bonds is 1. The number of nitrogens with one attached hydrogen (secondary N) is 1.